The number of aliphatic hydroxyl groups is 1. The summed E-state index contributed by atoms with van der Waals surface area (Å²) in [6.45, 7) is 4.04. The van der Waals surface area contributed by atoms with Crippen molar-refractivity contribution in [3.8, 4) is 0 Å². The number of hydrogen-bond donors (Lipinski definition) is 1. The van der Waals surface area contributed by atoms with Crippen molar-refractivity contribution in [1.29, 1.82) is 0 Å². The molecule has 0 amide bonds. The van der Waals surface area contributed by atoms with E-state index in [1.165, 1.54) is 6.08 Å². The highest BCUT2D eigenvalue weighted by molar-refractivity contribution is 5.81. The Morgan fingerprint density at radius 3 is 2.46 bits per heavy atom. The fraction of sp³-hybridized carbons (Fsp3) is 0.700. The molecule has 0 rings (SSSR count). The highest BCUT2D eigenvalue weighted by Gasteiger charge is 1.94. The molecule has 3 nitrogen and oxygen atoms in total. The van der Waals surface area contributed by atoms with Crippen molar-refractivity contribution < 1.29 is 14.6 Å². The first kappa shape index (κ1) is 12.2. The zero-order valence-corrected chi connectivity index (χ0v) is 8.00. The smallest absolute Gasteiger partial charge is 0.330 e. The van der Waals surface area contributed by atoms with Crippen molar-refractivity contribution in [2.24, 2.45) is 0 Å². The van der Waals surface area contributed by atoms with Gasteiger partial charge in [-0.2, -0.15) is 0 Å². The molecular formula is C10H18O3. The van der Waals surface area contributed by atoms with E-state index in [-0.39, 0.29) is 12.6 Å². The molecule has 13 heavy (non-hydrogen) atoms. The largest absolute Gasteiger partial charge is 0.463 e. The van der Waals surface area contributed by atoms with E-state index in [2.05, 4.69) is 6.58 Å². The molecule has 0 aliphatic rings. The molecule has 76 valence electrons. The lowest BCUT2D eigenvalue weighted by Crippen LogP contribution is -2.01. The first-order chi connectivity index (χ1) is 6.31. The summed E-state index contributed by atoms with van der Waals surface area (Å²) < 4.78 is 4.79. The number of ether oxygens (including phenoxy) is 1. The van der Waals surface area contributed by atoms with Gasteiger partial charge in [0.05, 0.1) is 6.61 Å². The molecule has 0 atom stereocenters. The lowest BCUT2D eigenvalue weighted by atomic mass is 10.1. The molecular weight excluding hydrogens is 168 g/mol. The van der Waals surface area contributed by atoms with Crippen molar-refractivity contribution >= 4 is 5.97 Å². The van der Waals surface area contributed by atoms with Crippen LogP contribution in [0.25, 0.3) is 0 Å². The molecule has 0 spiro atoms. The van der Waals surface area contributed by atoms with Gasteiger partial charge in [-0.05, 0) is 12.8 Å². The van der Waals surface area contributed by atoms with Gasteiger partial charge in [0.2, 0.25) is 0 Å². The number of carbonyl (C=O) groups excluding carboxylic acids is 1. The Morgan fingerprint density at radius 2 is 1.85 bits per heavy atom. The molecule has 0 saturated carbocycles. The standard InChI is InChI=1S/C10H18O3/c1-2-10(12)13-9-7-5-3-4-6-8-11/h2,11H,1,3-9H2. The van der Waals surface area contributed by atoms with E-state index in [0.29, 0.717) is 6.61 Å². The lowest BCUT2D eigenvalue weighted by molar-refractivity contribution is -0.137. The van der Waals surface area contributed by atoms with Crippen LogP contribution in [0.1, 0.15) is 32.1 Å². The Bertz CT molecular complexity index is 143. The number of carbonyl (C=O) groups is 1. The fourth-order valence-corrected chi connectivity index (χ4v) is 0.976. The minimum Gasteiger partial charge on any atom is -0.463 e. The van der Waals surface area contributed by atoms with Gasteiger partial charge in [0, 0.05) is 12.7 Å². The summed E-state index contributed by atoms with van der Waals surface area (Å²) in [5, 5.41) is 8.49. The summed E-state index contributed by atoms with van der Waals surface area (Å²) in [6.07, 6.45) is 6.12. The maximum Gasteiger partial charge on any atom is 0.330 e. The van der Waals surface area contributed by atoms with E-state index >= 15 is 0 Å². The summed E-state index contributed by atoms with van der Waals surface area (Å²) in [5.74, 6) is -0.352. The minimum absolute atomic E-state index is 0.269. The van der Waals surface area contributed by atoms with E-state index in [1.807, 2.05) is 0 Å². The molecule has 0 unspecified atom stereocenters. The maximum atomic E-state index is 10.6. The van der Waals surface area contributed by atoms with Crippen molar-refractivity contribution in [2.75, 3.05) is 13.2 Å². The highest BCUT2D eigenvalue weighted by atomic mass is 16.5. The van der Waals surface area contributed by atoms with Crippen LogP contribution >= 0.6 is 0 Å². The van der Waals surface area contributed by atoms with Crippen molar-refractivity contribution in [1.82, 2.24) is 0 Å². The van der Waals surface area contributed by atoms with Gasteiger partial charge in [-0.3, -0.25) is 0 Å². The number of rotatable bonds is 8. The first-order valence-corrected chi connectivity index (χ1v) is 4.71. The Morgan fingerprint density at radius 1 is 1.23 bits per heavy atom. The van der Waals surface area contributed by atoms with Crippen LogP contribution < -0.4 is 0 Å². The van der Waals surface area contributed by atoms with Crippen LogP contribution in [-0.4, -0.2) is 24.3 Å². The molecule has 0 saturated heterocycles. The molecule has 0 radical (unpaired) electrons. The number of hydrogen-bond acceptors (Lipinski definition) is 3. The number of unbranched alkanes of at least 4 members (excludes halogenated alkanes) is 4. The van der Waals surface area contributed by atoms with E-state index in [0.717, 1.165) is 32.1 Å². The average Bonchev–Trinajstić information content (AvgIpc) is 2.16. The molecule has 1 N–H and O–H groups in total. The van der Waals surface area contributed by atoms with Crippen LogP contribution in [0.15, 0.2) is 12.7 Å². The molecule has 0 bridgehead atoms. The Balaban J connectivity index is 2.99. The van der Waals surface area contributed by atoms with E-state index in [1.54, 1.807) is 0 Å². The summed E-state index contributed by atoms with van der Waals surface area (Å²) in [4.78, 5) is 10.6. The summed E-state index contributed by atoms with van der Waals surface area (Å²) in [5.41, 5.74) is 0. The number of aliphatic hydroxyl groups excluding tert-OH is 1. The third-order valence-electron chi connectivity index (χ3n) is 1.71. The van der Waals surface area contributed by atoms with Gasteiger partial charge in [0.15, 0.2) is 0 Å². The Hall–Kier alpha value is -0.830. The monoisotopic (exact) mass is 186 g/mol. The predicted molar refractivity (Wildman–Crippen MR) is 51.3 cm³/mol. The van der Waals surface area contributed by atoms with Crippen molar-refractivity contribution in [3.05, 3.63) is 12.7 Å². The Labute approximate surface area is 79.4 Å². The minimum atomic E-state index is -0.352. The second-order valence-corrected chi connectivity index (χ2v) is 2.86. The molecule has 0 fully saturated rings. The van der Waals surface area contributed by atoms with Gasteiger partial charge in [0.1, 0.15) is 0 Å². The molecule has 0 aromatic heterocycles. The topological polar surface area (TPSA) is 46.5 Å². The fourth-order valence-electron chi connectivity index (χ4n) is 0.976. The maximum absolute atomic E-state index is 10.6. The lowest BCUT2D eigenvalue weighted by Gasteiger charge is -2.01. The normalized spacial score (nSPS) is 9.62. The van der Waals surface area contributed by atoms with Crippen LogP contribution in [0.5, 0.6) is 0 Å². The van der Waals surface area contributed by atoms with Gasteiger partial charge in [-0.15, -0.1) is 0 Å². The molecule has 0 heterocycles. The van der Waals surface area contributed by atoms with E-state index in [4.69, 9.17) is 9.84 Å². The molecule has 3 heteroatoms. The molecule has 0 aromatic carbocycles. The molecule has 0 aliphatic carbocycles. The third-order valence-corrected chi connectivity index (χ3v) is 1.71. The third kappa shape index (κ3) is 9.08. The van der Waals surface area contributed by atoms with Gasteiger partial charge < -0.3 is 9.84 Å². The molecule has 0 aromatic rings. The van der Waals surface area contributed by atoms with E-state index in [9.17, 15) is 4.79 Å². The second-order valence-electron chi connectivity index (χ2n) is 2.86. The van der Waals surface area contributed by atoms with Crippen LogP contribution in [-0.2, 0) is 9.53 Å². The number of esters is 1. The van der Waals surface area contributed by atoms with Crippen LogP contribution in [0.3, 0.4) is 0 Å². The van der Waals surface area contributed by atoms with Crippen LogP contribution in [0.4, 0.5) is 0 Å². The summed E-state index contributed by atoms with van der Waals surface area (Å²) >= 11 is 0. The quantitative estimate of drug-likeness (QED) is 0.356. The van der Waals surface area contributed by atoms with Crippen LogP contribution in [0.2, 0.25) is 0 Å². The second kappa shape index (κ2) is 9.26. The van der Waals surface area contributed by atoms with Gasteiger partial charge in [-0.25, -0.2) is 4.79 Å². The summed E-state index contributed by atoms with van der Waals surface area (Å²) in [6, 6.07) is 0. The summed E-state index contributed by atoms with van der Waals surface area (Å²) in [7, 11) is 0. The Kier molecular flexibility index (Phi) is 8.67. The molecule has 0 aliphatic heterocycles. The predicted octanol–water partition coefficient (Wildman–Crippen LogP) is 1.66. The first-order valence-electron chi connectivity index (χ1n) is 4.71. The van der Waals surface area contributed by atoms with Gasteiger partial charge in [-0.1, -0.05) is 25.8 Å². The van der Waals surface area contributed by atoms with Crippen LogP contribution in [0, 0.1) is 0 Å². The van der Waals surface area contributed by atoms with Crippen molar-refractivity contribution in [2.45, 2.75) is 32.1 Å². The SMILES string of the molecule is C=CC(=O)OCCCCCCCO. The van der Waals surface area contributed by atoms with Gasteiger partial charge >= 0.3 is 5.97 Å². The zero-order valence-electron chi connectivity index (χ0n) is 8.00. The van der Waals surface area contributed by atoms with E-state index < -0.39 is 0 Å². The van der Waals surface area contributed by atoms with Gasteiger partial charge in [0.25, 0.3) is 0 Å². The zero-order chi connectivity index (χ0) is 9.94. The average molecular weight is 186 g/mol. The van der Waals surface area contributed by atoms with Crippen molar-refractivity contribution in [3.63, 3.8) is 0 Å². The highest BCUT2D eigenvalue weighted by Crippen LogP contribution is 2.02.